The van der Waals surface area contributed by atoms with Gasteiger partial charge >= 0.3 is 5.97 Å². The van der Waals surface area contributed by atoms with Crippen LogP contribution in [-0.4, -0.2) is 12.6 Å². The van der Waals surface area contributed by atoms with Gasteiger partial charge in [-0.25, -0.2) is 0 Å². The fourth-order valence-electron chi connectivity index (χ4n) is 2.98. The molecule has 0 aliphatic heterocycles. The van der Waals surface area contributed by atoms with Crippen LogP contribution in [0.5, 0.6) is 0 Å². The quantitative estimate of drug-likeness (QED) is 0.311. The maximum atomic E-state index is 10.6. The Bertz CT molecular complexity index is 223. The van der Waals surface area contributed by atoms with E-state index in [0.717, 1.165) is 6.42 Å². The van der Waals surface area contributed by atoms with Gasteiger partial charge in [-0.15, -0.1) is 0 Å². The topological polar surface area (TPSA) is 26.3 Å². The van der Waals surface area contributed by atoms with E-state index in [0.29, 0.717) is 12.0 Å². The molecule has 0 unspecified atom stereocenters. The molecule has 120 valence electrons. The van der Waals surface area contributed by atoms with Crippen LogP contribution in [0.25, 0.3) is 0 Å². The molecule has 0 aliphatic rings. The minimum atomic E-state index is -0.156. The Labute approximate surface area is 126 Å². The Kier molecular flexibility index (Phi) is 11.9. The molecule has 0 saturated heterocycles. The van der Waals surface area contributed by atoms with E-state index in [1.807, 2.05) is 0 Å². The second-order valence-electron chi connectivity index (χ2n) is 6.13. The Hall–Kier alpha value is -0.530. The van der Waals surface area contributed by atoms with Crippen molar-refractivity contribution in [1.82, 2.24) is 0 Å². The molecule has 2 heteroatoms. The van der Waals surface area contributed by atoms with Crippen molar-refractivity contribution in [3.8, 4) is 0 Å². The van der Waals surface area contributed by atoms with Crippen molar-refractivity contribution in [2.24, 2.45) is 5.41 Å². The maximum absolute atomic E-state index is 10.6. The molecule has 0 bridgehead atoms. The Morgan fingerprint density at radius 3 is 1.70 bits per heavy atom. The van der Waals surface area contributed by atoms with E-state index in [1.165, 1.54) is 71.1 Å². The summed E-state index contributed by atoms with van der Waals surface area (Å²) in [6.07, 6.45) is 14.3. The van der Waals surface area contributed by atoms with E-state index < -0.39 is 0 Å². The molecule has 0 heterocycles. The highest BCUT2D eigenvalue weighted by atomic mass is 16.5. The van der Waals surface area contributed by atoms with Crippen molar-refractivity contribution in [3.63, 3.8) is 0 Å². The summed E-state index contributed by atoms with van der Waals surface area (Å²) in [6, 6.07) is 0. The van der Waals surface area contributed by atoms with Crippen LogP contribution in [0.15, 0.2) is 0 Å². The number of ether oxygens (including phenoxy) is 1. The Morgan fingerprint density at radius 1 is 0.800 bits per heavy atom. The molecule has 0 radical (unpaired) electrons. The molecule has 0 aromatic rings. The van der Waals surface area contributed by atoms with Crippen LogP contribution in [0.3, 0.4) is 0 Å². The molecule has 2 nitrogen and oxygen atoms in total. The third-order valence-electron chi connectivity index (χ3n) is 4.91. The van der Waals surface area contributed by atoms with E-state index in [4.69, 9.17) is 4.74 Å². The summed E-state index contributed by atoms with van der Waals surface area (Å²) in [7, 11) is 0. The van der Waals surface area contributed by atoms with Gasteiger partial charge in [-0.3, -0.25) is 4.79 Å². The summed E-state index contributed by atoms with van der Waals surface area (Å²) in [6.45, 7) is 9.10. The highest BCUT2D eigenvalue weighted by Gasteiger charge is 2.22. The first-order valence-corrected chi connectivity index (χ1v) is 8.73. The first kappa shape index (κ1) is 19.5. The van der Waals surface area contributed by atoms with Crippen molar-refractivity contribution < 1.29 is 9.53 Å². The van der Waals surface area contributed by atoms with Crippen LogP contribution in [0.1, 0.15) is 98.3 Å². The summed E-state index contributed by atoms with van der Waals surface area (Å²) in [5.41, 5.74) is 0.615. The zero-order chi connectivity index (χ0) is 15.3. The van der Waals surface area contributed by atoms with Crippen molar-refractivity contribution in [2.75, 3.05) is 6.61 Å². The van der Waals surface area contributed by atoms with Crippen molar-refractivity contribution >= 4 is 5.97 Å². The average Bonchev–Trinajstić information content (AvgIpc) is 2.45. The largest absolute Gasteiger partial charge is 0.466 e. The van der Waals surface area contributed by atoms with Gasteiger partial charge < -0.3 is 4.74 Å². The second kappa shape index (κ2) is 12.2. The van der Waals surface area contributed by atoms with Crippen LogP contribution in [-0.2, 0) is 9.53 Å². The normalized spacial score (nSPS) is 11.6. The summed E-state index contributed by atoms with van der Waals surface area (Å²) in [4.78, 5) is 10.6. The zero-order valence-corrected chi connectivity index (χ0v) is 14.3. The number of hydrogen-bond donors (Lipinski definition) is 0. The van der Waals surface area contributed by atoms with E-state index >= 15 is 0 Å². The van der Waals surface area contributed by atoms with Crippen LogP contribution < -0.4 is 0 Å². The molecule has 0 fully saturated rings. The lowest BCUT2D eigenvalue weighted by Gasteiger charge is -2.30. The molecule has 0 saturated carbocycles. The van der Waals surface area contributed by atoms with Crippen LogP contribution in [0.2, 0.25) is 0 Å². The van der Waals surface area contributed by atoms with Gasteiger partial charge in [0.25, 0.3) is 0 Å². The number of carbonyl (C=O) groups is 1. The van der Waals surface area contributed by atoms with Gasteiger partial charge in [-0.05, 0) is 18.3 Å². The number of unbranched alkanes of at least 4 members (excludes halogenated alkanes) is 6. The Morgan fingerprint density at radius 2 is 1.25 bits per heavy atom. The maximum Gasteiger partial charge on any atom is 0.302 e. The predicted octanol–water partition coefficient (Wildman–Crippen LogP) is 5.89. The second-order valence-corrected chi connectivity index (χ2v) is 6.13. The summed E-state index contributed by atoms with van der Waals surface area (Å²) in [5, 5.41) is 0. The molecule has 20 heavy (non-hydrogen) atoms. The summed E-state index contributed by atoms with van der Waals surface area (Å²) < 4.78 is 4.92. The van der Waals surface area contributed by atoms with E-state index in [9.17, 15) is 4.79 Å². The number of esters is 1. The highest BCUT2D eigenvalue weighted by Crippen LogP contribution is 2.36. The number of carbonyl (C=O) groups excluding carboxylic acids is 1. The molecule has 0 aromatic heterocycles. The van der Waals surface area contributed by atoms with Gasteiger partial charge in [-0.2, -0.15) is 0 Å². The molecular formula is C18H36O2. The monoisotopic (exact) mass is 284 g/mol. The van der Waals surface area contributed by atoms with Crippen molar-refractivity contribution in [2.45, 2.75) is 98.3 Å². The summed E-state index contributed by atoms with van der Waals surface area (Å²) >= 11 is 0. The summed E-state index contributed by atoms with van der Waals surface area (Å²) in [5.74, 6) is -0.156. The van der Waals surface area contributed by atoms with Crippen LogP contribution in [0.4, 0.5) is 0 Å². The number of rotatable bonds is 13. The fraction of sp³-hybridized carbons (Fsp3) is 0.944. The molecule has 0 spiro atoms. The van der Waals surface area contributed by atoms with Crippen molar-refractivity contribution in [1.29, 1.82) is 0 Å². The SMILES string of the molecule is CCC(CC)(CC)CCCCCCCCCOC(C)=O. The standard InChI is InChI=1S/C18H36O2/c1-5-18(6-2,7-3)15-13-11-9-8-10-12-14-16-20-17(4)19/h5-16H2,1-4H3. The molecule has 0 N–H and O–H groups in total. The van der Waals surface area contributed by atoms with Crippen LogP contribution >= 0.6 is 0 Å². The first-order chi connectivity index (χ1) is 9.60. The lowest BCUT2D eigenvalue weighted by atomic mass is 9.75. The van der Waals surface area contributed by atoms with Gasteiger partial charge in [0.15, 0.2) is 0 Å². The highest BCUT2D eigenvalue weighted by molar-refractivity contribution is 5.65. The number of hydrogen-bond acceptors (Lipinski definition) is 2. The van der Waals surface area contributed by atoms with Gasteiger partial charge in [0.2, 0.25) is 0 Å². The van der Waals surface area contributed by atoms with Gasteiger partial charge in [0.05, 0.1) is 6.61 Å². The third kappa shape index (κ3) is 9.39. The van der Waals surface area contributed by atoms with E-state index in [2.05, 4.69) is 20.8 Å². The molecule has 0 amide bonds. The van der Waals surface area contributed by atoms with E-state index in [1.54, 1.807) is 0 Å². The van der Waals surface area contributed by atoms with Crippen molar-refractivity contribution in [3.05, 3.63) is 0 Å². The molecule has 0 rings (SSSR count). The van der Waals surface area contributed by atoms with Crippen LogP contribution in [0, 0.1) is 5.41 Å². The third-order valence-corrected chi connectivity index (χ3v) is 4.91. The van der Waals surface area contributed by atoms with Gasteiger partial charge in [0, 0.05) is 6.92 Å². The predicted molar refractivity (Wildman–Crippen MR) is 86.9 cm³/mol. The average molecular weight is 284 g/mol. The molecule has 0 aliphatic carbocycles. The fourth-order valence-corrected chi connectivity index (χ4v) is 2.98. The minimum absolute atomic E-state index is 0.156. The molecule has 0 atom stereocenters. The smallest absolute Gasteiger partial charge is 0.302 e. The van der Waals surface area contributed by atoms with Gasteiger partial charge in [-0.1, -0.05) is 78.6 Å². The van der Waals surface area contributed by atoms with Gasteiger partial charge in [0.1, 0.15) is 0 Å². The molecular weight excluding hydrogens is 248 g/mol. The lowest BCUT2D eigenvalue weighted by Crippen LogP contribution is -2.17. The lowest BCUT2D eigenvalue weighted by molar-refractivity contribution is -0.141. The Balaban J connectivity index is 3.38. The van der Waals surface area contributed by atoms with E-state index in [-0.39, 0.29) is 5.97 Å². The zero-order valence-electron chi connectivity index (χ0n) is 14.3. The molecule has 0 aromatic carbocycles. The first-order valence-electron chi connectivity index (χ1n) is 8.73. The minimum Gasteiger partial charge on any atom is -0.466 e.